The first-order valence-corrected chi connectivity index (χ1v) is 7.05. The number of fused-ring (bicyclic) bond motifs is 3. The van der Waals surface area contributed by atoms with Gasteiger partial charge in [0.25, 0.3) is 0 Å². The average molecular weight is 278 g/mol. The zero-order chi connectivity index (χ0) is 13.4. The van der Waals surface area contributed by atoms with Gasteiger partial charge in [0.2, 0.25) is 0 Å². The first kappa shape index (κ1) is 12.5. The number of methoxy groups -OCH3 is 1. The Morgan fingerprint density at radius 1 is 1.58 bits per heavy atom. The third-order valence-electron chi connectivity index (χ3n) is 3.22. The summed E-state index contributed by atoms with van der Waals surface area (Å²) >= 11 is 1.51. The summed E-state index contributed by atoms with van der Waals surface area (Å²) in [6.07, 6.45) is -0.597. The van der Waals surface area contributed by atoms with E-state index in [1.807, 2.05) is 33.4 Å². The lowest BCUT2D eigenvalue weighted by atomic mass is 10.3. The number of nitrogens with zero attached hydrogens (tertiary/aromatic N) is 2. The molecule has 0 fully saturated rings. The third-order valence-corrected chi connectivity index (χ3v) is 4.46. The van der Waals surface area contributed by atoms with Gasteiger partial charge >= 0.3 is 11.1 Å². The Balaban J connectivity index is 2.17. The van der Waals surface area contributed by atoms with Gasteiger partial charge in [-0.2, -0.15) is 0 Å². The van der Waals surface area contributed by atoms with Crippen LogP contribution in [0.3, 0.4) is 0 Å². The number of hydrogen-bond donors (Lipinski definition) is 0. The van der Waals surface area contributed by atoms with Crippen LogP contribution in [0.25, 0.3) is 11.0 Å². The van der Waals surface area contributed by atoms with Crippen molar-refractivity contribution in [2.75, 3.05) is 12.9 Å². The lowest BCUT2D eigenvalue weighted by Gasteiger charge is -2.23. The molecule has 2 heterocycles. The van der Waals surface area contributed by atoms with Gasteiger partial charge in [-0.1, -0.05) is 18.2 Å². The molecule has 0 N–H and O–H groups in total. The first-order valence-electron chi connectivity index (χ1n) is 6.07. The smallest absolute Gasteiger partial charge is 0.348 e. The largest absolute Gasteiger partial charge is 0.849 e. The van der Waals surface area contributed by atoms with Crippen LogP contribution in [-0.4, -0.2) is 29.5 Å². The van der Waals surface area contributed by atoms with Crippen molar-refractivity contribution in [2.45, 2.75) is 24.3 Å². The van der Waals surface area contributed by atoms with Crippen molar-refractivity contribution in [3.63, 3.8) is 0 Å². The van der Waals surface area contributed by atoms with Crippen molar-refractivity contribution in [2.24, 2.45) is 0 Å². The molecule has 1 unspecified atom stereocenters. The van der Waals surface area contributed by atoms with E-state index in [2.05, 4.69) is 0 Å². The van der Waals surface area contributed by atoms with Crippen LogP contribution in [0.15, 0.2) is 29.4 Å². The molecular formula is C13H14N2O3S. The van der Waals surface area contributed by atoms with E-state index >= 15 is 0 Å². The second-order valence-electron chi connectivity index (χ2n) is 4.48. The second-order valence-corrected chi connectivity index (χ2v) is 5.46. The molecule has 6 heteroatoms. The van der Waals surface area contributed by atoms with Crippen LogP contribution in [0, 0.1) is 0 Å². The molecule has 1 aliphatic heterocycles. The van der Waals surface area contributed by atoms with E-state index in [1.54, 1.807) is 0 Å². The Morgan fingerprint density at radius 2 is 2.37 bits per heavy atom. The van der Waals surface area contributed by atoms with E-state index in [4.69, 9.17) is 4.74 Å². The van der Waals surface area contributed by atoms with Crippen LogP contribution in [0.5, 0.6) is 0 Å². The topological polar surface area (TPSA) is 58.2 Å². The van der Waals surface area contributed by atoms with Gasteiger partial charge in [-0.3, -0.25) is 0 Å². The monoisotopic (exact) mass is 278 g/mol. The summed E-state index contributed by atoms with van der Waals surface area (Å²) in [6, 6.07) is 7.81. The number of thioether (sulfide) groups is 1. The molecule has 3 rings (SSSR count). The number of esters is 1. The highest BCUT2D eigenvalue weighted by Gasteiger charge is 2.30. The minimum atomic E-state index is -0.597. The summed E-state index contributed by atoms with van der Waals surface area (Å²) in [4.78, 5) is 11.5. The minimum absolute atomic E-state index is 0.176. The van der Waals surface area contributed by atoms with Crippen molar-refractivity contribution < 1.29 is 19.2 Å². The van der Waals surface area contributed by atoms with Crippen molar-refractivity contribution >= 4 is 28.8 Å². The van der Waals surface area contributed by atoms with Gasteiger partial charge in [0.15, 0.2) is 17.6 Å². The maximum atomic E-state index is 11.7. The van der Waals surface area contributed by atoms with Crippen LogP contribution in [0.4, 0.5) is 0 Å². The Kier molecular flexibility index (Phi) is 3.20. The van der Waals surface area contributed by atoms with Crippen LogP contribution in [-0.2, 0) is 22.6 Å². The van der Waals surface area contributed by atoms with Gasteiger partial charge in [-0.05, 0) is 29.6 Å². The highest BCUT2D eigenvalue weighted by molar-refractivity contribution is 7.99. The van der Waals surface area contributed by atoms with Crippen LogP contribution < -0.4 is 9.67 Å². The van der Waals surface area contributed by atoms with E-state index in [-0.39, 0.29) is 12.5 Å². The fourth-order valence-corrected chi connectivity index (χ4v) is 3.46. The molecule has 0 saturated carbocycles. The van der Waals surface area contributed by atoms with Gasteiger partial charge in [-0.15, -0.1) is 0 Å². The highest BCUT2D eigenvalue weighted by Crippen LogP contribution is 2.25. The SMILES string of the molecule is COC(=O)Cn1c2[n+](c3ccccc31)CC([O-])CS2. The molecule has 0 saturated heterocycles. The van der Waals surface area contributed by atoms with Gasteiger partial charge in [-0.25, -0.2) is 13.9 Å². The maximum absolute atomic E-state index is 11.7. The van der Waals surface area contributed by atoms with E-state index in [0.29, 0.717) is 12.3 Å². The highest BCUT2D eigenvalue weighted by atomic mass is 32.2. The van der Waals surface area contributed by atoms with Gasteiger partial charge < -0.3 is 9.84 Å². The Labute approximate surface area is 114 Å². The summed E-state index contributed by atoms with van der Waals surface area (Å²) in [5.74, 6) is 0.256. The van der Waals surface area contributed by atoms with Crippen molar-refractivity contribution in [1.29, 1.82) is 0 Å². The predicted molar refractivity (Wildman–Crippen MR) is 68.7 cm³/mol. The Bertz CT molecular complexity index is 638. The zero-order valence-electron chi connectivity index (χ0n) is 10.5. The second kappa shape index (κ2) is 4.86. The molecule has 1 aromatic carbocycles. The third kappa shape index (κ3) is 2.11. The molecule has 19 heavy (non-hydrogen) atoms. The summed E-state index contributed by atoms with van der Waals surface area (Å²) < 4.78 is 8.68. The number of imidazole rings is 1. The van der Waals surface area contributed by atoms with E-state index < -0.39 is 6.10 Å². The molecule has 0 spiro atoms. The summed E-state index contributed by atoms with van der Waals surface area (Å²) in [6.45, 7) is 0.632. The van der Waals surface area contributed by atoms with E-state index in [1.165, 1.54) is 18.9 Å². The minimum Gasteiger partial charge on any atom is -0.849 e. The number of benzene rings is 1. The molecule has 0 bridgehead atoms. The normalized spacial score (nSPS) is 18.3. The maximum Gasteiger partial charge on any atom is 0.348 e. The molecular weight excluding hydrogens is 264 g/mol. The van der Waals surface area contributed by atoms with Crippen molar-refractivity contribution in [3.05, 3.63) is 24.3 Å². The molecule has 1 aromatic heterocycles. The lowest BCUT2D eigenvalue weighted by molar-refractivity contribution is -0.735. The van der Waals surface area contributed by atoms with E-state index in [9.17, 15) is 9.90 Å². The number of carbonyl (C=O) groups excluding carboxylic acids is 1. The standard InChI is InChI=1S/C13H14N2O3S/c1-18-12(17)7-15-11-5-3-2-4-10(11)14-6-9(16)8-19-13(14)15/h2-5,9H,6-8H2,1H3. The van der Waals surface area contributed by atoms with Crippen LogP contribution in [0.2, 0.25) is 0 Å². The van der Waals surface area contributed by atoms with E-state index in [0.717, 1.165) is 16.2 Å². The number of hydrogen-bond acceptors (Lipinski definition) is 4. The van der Waals surface area contributed by atoms with Gasteiger partial charge in [0, 0.05) is 0 Å². The molecule has 0 radical (unpaired) electrons. The first-order chi connectivity index (χ1) is 9.20. The number of para-hydroxylation sites is 2. The summed E-state index contributed by atoms with van der Waals surface area (Å²) in [5, 5.41) is 12.7. The summed E-state index contributed by atoms with van der Waals surface area (Å²) in [5.41, 5.74) is 1.96. The molecule has 2 aromatic rings. The van der Waals surface area contributed by atoms with Gasteiger partial charge in [0.1, 0.15) is 0 Å². The average Bonchev–Trinajstić information content (AvgIpc) is 2.73. The quantitative estimate of drug-likeness (QED) is 0.570. The molecule has 1 atom stereocenters. The molecule has 0 amide bonds. The fourth-order valence-electron chi connectivity index (χ4n) is 2.37. The molecule has 5 nitrogen and oxygen atoms in total. The summed E-state index contributed by atoms with van der Waals surface area (Å²) in [7, 11) is 1.38. The number of ether oxygens (including phenoxy) is 1. The number of rotatable bonds is 2. The predicted octanol–water partition coefficient (Wildman–Crippen LogP) is -0.0636. The zero-order valence-corrected chi connectivity index (χ0v) is 11.4. The van der Waals surface area contributed by atoms with Crippen LogP contribution >= 0.6 is 11.8 Å². The lowest BCUT2D eigenvalue weighted by Crippen LogP contribution is -2.51. The Morgan fingerprint density at radius 3 is 3.16 bits per heavy atom. The Hall–Kier alpha value is -1.53. The molecule has 0 aliphatic carbocycles. The molecule has 1 aliphatic rings. The number of aromatic nitrogens is 2. The van der Waals surface area contributed by atoms with Crippen molar-refractivity contribution in [1.82, 2.24) is 4.57 Å². The van der Waals surface area contributed by atoms with Gasteiger partial charge in [0.05, 0.1) is 13.7 Å². The van der Waals surface area contributed by atoms with Crippen LogP contribution in [0.1, 0.15) is 0 Å². The number of carbonyl (C=O) groups is 1. The van der Waals surface area contributed by atoms with Crippen molar-refractivity contribution in [3.8, 4) is 0 Å². The fraction of sp³-hybridized carbons (Fsp3) is 0.385. The molecule has 100 valence electrons.